The molecule has 0 radical (unpaired) electrons. The lowest BCUT2D eigenvalue weighted by Crippen LogP contribution is -2.48. The Morgan fingerprint density at radius 3 is 2.50 bits per heavy atom. The van der Waals surface area contributed by atoms with Crippen molar-refractivity contribution < 1.29 is 10.3 Å². The molecule has 0 bridgehead atoms. The standard InChI is InChI=1S/C21H27N3O2/c1-17-7-8-18(15-22-26)19(13-17)14-21(25)16-23-9-11-24(12-10-23)20-5-3-2-4-6-20/h2-8,13,15,21,25-26H,9-12,14,16H2,1H3. The summed E-state index contributed by atoms with van der Waals surface area (Å²) < 4.78 is 0. The van der Waals surface area contributed by atoms with E-state index in [9.17, 15) is 5.11 Å². The fourth-order valence-corrected chi connectivity index (χ4v) is 3.54. The molecule has 0 spiro atoms. The summed E-state index contributed by atoms with van der Waals surface area (Å²) >= 11 is 0. The van der Waals surface area contributed by atoms with Gasteiger partial charge in [-0.25, -0.2) is 0 Å². The molecule has 1 aliphatic rings. The van der Waals surface area contributed by atoms with Crippen molar-refractivity contribution in [1.29, 1.82) is 0 Å². The van der Waals surface area contributed by atoms with Gasteiger partial charge >= 0.3 is 0 Å². The molecule has 1 atom stereocenters. The topological polar surface area (TPSA) is 59.3 Å². The first-order valence-electron chi connectivity index (χ1n) is 9.13. The predicted octanol–water partition coefficient (Wildman–Crippen LogP) is 2.53. The molecule has 2 N–H and O–H groups in total. The van der Waals surface area contributed by atoms with E-state index in [4.69, 9.17) is 5.21 Å². The summed E-state index contributed by atoms with van der Waals surface area (Å²) in [5.74, 6) is 0. The van der Waals surface area contributed by atoms with Crippen molar-refractivity contribution in [3.05, 3.63) is 65.2 Å². The number of aliphatic hydroxyl groups excluding tert-OH is 1. The fraction of sp³-hybridized carbons (Fsp3) is 0.381. The highest BCUT2D eigenvalue weighted by Gasteiger charge is 2.20. The quantitative estimate of drug-likeness (QED) is 0.476. The zero-order valence-electron chi connectivity index (χ0n) is 15.3. The van der Waals surface area contributed by atoms with E-state index in [1.54, 1.807) is 0 Å². The highest BCUT2D eigenvalue weighted by Crippen LogP contribution is 2.17. The molecular weight excluding hydrogens is 326 g/mol. The van der Waals surface area contributed by atoms with Gasteiger partial charge in [0.1, 0.15) is 0 Å². The van der Waals surface area contributed by atoms with Crippen molar-refractivity contribution in [3.63, 3.8) is 0 Å². The third-order valence-corrected chi connectivity index (χ3v) is 4.91. The van der Waals surface area contributed by atoms with Gasteiger partial charge in [0.15, 0.2) is 0 Å². The van der Waals surface area contributed by atoms with Crippen LogP contribution in [0.4, 0.5) is 5.69 Å². The van der Waals surface area contributed by atoms with Gasteiger partial charge in [-0.05, 0) is 30.2 Å². The first-order chi connectivity index (χ1) is 12.7. The normalized spacial score (nSPS) is 16.9. The zero-order chi connectivity index (χ0) is 18.4. The van der Waals surface area contributed by atoms with Crippen molar-refractivity contribution in [3.8, 4) is 0 Å². The number of aliphatic hydroxyl groups is 1. The molecule has 0 saturated carbocycles. The van der Waals surface area contributed by atoms with Gasteiger partial charge in [-0.3, -0.25) is 4.90 Å². The summed E-state index contributed by atoms with van der Waals surface area (Å²) in [6.45, 7) is 6.54. The SMILES string of the molecule is Cc1ccc(C=NO)c(CC(O)CN2CCN(c3ccccc3)CC2)c1. The Morgan fingerprint density at radius 2 is 1.81 bits per heavy atom. The van der Waals surface area contributed by atoms with Crippen LogP contribution in [0.15, 0.2) is 53.7 Å². The third-order valence-electron chi connectivity index (χ3n) is 4.91. The van der Waals surface area contributed by atoms with Gasteiger partial charge in [0.25, 0.3) is 0 Å². The number of hydrogen-bond donors (Lipinski definition) is 2. The van der Waals surface area contributed by atoms with Gasteiger partial charge in [-0.2, -0.15) is 0 Å². The Morgan fingerprint density at radius 1 is 1.08 bits per heavy atom. The highest BCUT2D eigenvalue weighted by molar-refractivity contribution is 5.81. The van der Waals surface area contributed by atoms with Crippen molar-refractivity contribution in [1.82, 2.24) is 4.90 Å². The number of anilines is 1. The van der Waals surface area contributed by atoms with Crippen LogP contribution >= 0.6 is 0 Å². The predicted molar refractivity (Wildman–Crippen MR) is 105 cm³/mol. The van der Waals surface area contributed by atoms with Crippen molar-refractivity contribution in [2.24, 2.45) is 5.16 Å². The van der Waals surface area contributed by atoms with Crippen molar-refractivity contribution >= 4 is 11.9 Å². The zero-order valence-corrected chi connectivity index (χ0v) is 15.3. The van der Waals surface area contributed by atoms with Gasteiger partial charge in [0.2, 0.25) is 0 Å². The van der Waals surface area contributed by atoms with Gasteiger partial charge < -0.3 is 15.2 Å². The van der Waals surface area contributed by atoms with Crippen LogP contribution in [0.2, 0.25) is 0 Å². The molecule has 1 saturated heterocycles. The first kappa shape index (κ1) is 18.4. The number of aryl methyl sites for hydroxylation is 1. The number of nitrogens with zero attached hydrogens (tertiary/aromatic N) is 3. The second kappa shape index (κ2) is 8.83. The summed E-state index contributed by atoms with van der Waals surface area (Å²) in [5.41, 5.74) is 4.27. The van der Waals surface area contributed by atoms with E-state index in [1.807, 2.05) is 31.2 Å². The van der Waals surface area contributed by atoms with Crippen LogP contribution in [0.1, 0.15) is 16.7 Å². The van der Waals surface area contributed by atoms with Crippen LogP contribution in [0, 0.1) is 6.92 Å². The Bertz CT molecular complexity index is 725. The minimum Gasteiger partial charge on any atom is -0.411 e. The molecule has 1 unspecified atom stereocenters. The summed E-state index contributed by atoms with van der Waals surface area (Å²) in [5, 5.41) is 22.5. The molecule has 3 rings (SSSR count). The average molecular weight is 353 g/mol. The number of para-hydroxylation sites is 1. The van der Waals surface area contributed by atoms with Crippen LogP contribution in [0.5, 0.6) is 0 Å². The molecule has 0 aliphatic carbocycles. The molecule has 0 amide bonds. The van der Waals surface area contributed by atoms with E-state index >= 15 is 0 Å². The van der Waals surface area contributed by atoms with E-state index in [0.29, 0.717) is 13.0 Å². The molecule has 1 heterocycles. The van der Waals surface area contributed by atoms with E-state index in [2.05, 4.69) is 39.2 Å². The third kappa shape index (κ3) is 4.84. The van der Waals surface area contributed by atoms with Gasteiger partial charge in [0, 0.05) is 44.8 Å². The Balaban J connectivity index is 1.53. The van der Waals surface area contributed by atoms with Crippen molar-refractivity contribution in [2.45, 2.75) is 19.4 Å². The fourth-order valence-electron chi connectivity index (χ4n) is 3.54. The van der Waals surface area contributed by atoms with E-state index in [0.717, 1.165) is 42.9 Å². The molecule has 5 nitrogen and oxygen atoms in total. The molecule has 1 fully saturated rings. The number of rotatable bonds is 6. The second-order valence-electron chi connectivity index (χ2n) is 6.93. The molecule has 2 aromatic rings. The molecule has 5 heteroatoms. The summed E-state index contributed by atoms with van der Waals surface area (Å²) in [4.78, 5) is 4.71. The molecule has 1 aliphatic heterocycles. The number of hydrogen-bond acceptors (Lipinski definition) is 5. The lowest BCUT2D eigenvalue weighted by Gasteiger charge is -2.37. The van der Waals surface area contributed by atoms with Crippen LogP contribution in [0.25, 0.3) is 0 Å². The Hall–Kier alpha value is -2.37. The molecule has 138 valence electrons. The van der Waals surface area contributed by atoms with Crippen molar-refractivity contribution in [2.75, 3.05) is 37.6 Å². The lowest BCUT2D eigenvalue weighted by atomic mass is 9.99. The Kier molecular flexibility index (Phi) is 6.26. The van der Waals surface area contributed by atoms with E-state index in [-0.39, 0.29) is 0 Å². The maximum Gasteiger partial charge on any atom is 0.0736 e. The van der Waals surface area contributed by atoms with Crippen LogP contribution < -0.4 is 4.90 Å². The Labute approximate surface area is 155 Å². The van der Waals surface area contributed by atoms with Gasteiger partial charge in [0.05, 0.1) is 12.3 Å². The maximum atomic E-state index is 10.6. The summed E-state index contributed by atoms with van der Waals surface area (Å²) in [6, 6.07) is 16.4. The summed E-state index contributed by atoms with van der Waals surface area (Å²) in [6.07, 6.45) is 1.55. The summed E-state index contributed by atoms with van der Waals surface area (Å²) in [7, 11) is 0. The molecular formula is C21H27N3O2. The highest BCUT2D eigenvalue weighted by atomic mass is 16.4. The monoisotopic (exact) mass is 353 g/mol. The van der Waals surface area contributed by atoms with E-state index in [1.165, 1.54) is 11.9 Å². The number of piperazine rings is 1. The molecule has 26 heavy (non-hydrogen) atoms. The van der Waals surface area contributed by atoms with Crippen LogP contribution in [-0.4, -0.2) is 60.3 Å². The van der Waals surface area contributed by atoms with Crippen LogP contribution in [0.3, 0.4) is 0 Å². The average Bonchev–Trinajstić information content (AvgIpc) is 2.65. The van der Waals surface area contributed by atoms with Gasteiger partial charge in [-0.15, -0.1) is 0 Å². The number of β-amino-alcohol motifs (C(OH)–C–C–N with tert-alkyl or cyclic N) is 1. The van der Waals surface area contributed by atoms with E-state index < -0.39 is 6.10 Å². The number of oxime groups is 1. The second-order valence-corrected chi connectivity index (χ2v) is 6.93. The smallest absolute Gasteiger partial charge is 0.0736 e. The molecule has 2 aromatic carbocycles. The minimum absolute atomic E-state index is 0.439. The van der Waals surface area contributed by atoms with Gasteiger partial charge in [-0.1, -0.05) is 47.1 Å². The lowest BCUT2D eigenvalue weighted by molar-refractivity contribution is 0.109. The minimum atomic E-state index is -0.439. The number of benzene rings is 2. The largest absolute Gasteiger partial charge is 0.411 e. The maximum absolute atomic E-state index is 10.6. The van der Waals surface area contributed by atoms with Crippen LogP contribution in [-0.2, 0) is 6.42 Å². The first-order valence-corrected chi connectivity index (χ1v) is 9.13. The molecule has 0 aromatic heterocycles.